The number of para-hydroxylation sites is 1. The van der Waals surface area contributed by atoms with Gasteiger partial charge in [0.15, 0.2) is 0 Å². The van der Waals surface area contributed by atoms with Crippen molar-refractivity contribution in [3.63, 3.8) is 0 Å². The Morgan fingerprint density at radius 1 is 1.24 bits per heavy atom. The predicted octanol–water partition coefficient (Wildman–Crippen LogP) is 3.73. The van der Waals surface area contributed by atoms with Crippen LogP contribution in [0.2, 0.25) is 5.02 Å². The van der Waals surface area contributed by atoms with Gasteiger partial charge in [0.1, 0.15) is 5.82 Å². The van der Waals surface area contributed by atoms with Crippen LogP contribution in [-0.2, 0) is 4.79 Å². The Bertz CT molecular complexity index is 517. The third kappa shape index (κ3) is 3.22. The van der Waals surface area contributed by atoms with Crippen molar-refractivity contribution in [2.75, 3.05) is 5.32 Å². The second-order valence-corrected chi connectivity index (χ2v) is 6.44. The minimum Gasteiger partial charge on any atom is -0.321 e. The summed E-state index contributed by atoms with van der Waals surface area (Å²) in [6.07, 6.45) is 6.78. The van der Waals surface area contributed by atoms with E-state index < -0.39 is 5.82 Å². The van der Waals surface area contributed by atoms with Crippen LogP contribution in [0.3, 0.4) is 0 Å². The monoisotopic (exact) mass is 310 g/mol. The normalized spacial score (nSPS) is 28.8. The van der Waals surface area contributed by atoms with Crippen molar-refractivity contribution < 1.29 is 9.18 Å². The lowest BCUT2D eigenvalue weighted by Gasteiger charge is -2.39. The van der Waals surface area contributed by atoms with E-state index in [1.54, 1.807) is 6.07 Å². The zero-order valence-electron chi connectivity index (χ0n) is 11.9. The first kappa shape index (κ1) is 14.8. The number of carbonyl (C=O) groups excluding carboxylic acids is 1. The summed E-state index contributed by atoms with van der Waals surface area (Å²) in [5, 5.41) is 6.30. The Balaban J connectivity index is 1.66. The van der Waals surface area contributed by atoms with Crippen LogP contribution in [0.15, 0.2) is 18.2 Å². The molecule has 2 fully saturated rings. The maximum atomic E-state index is 13.7. The fourth-order valence-electron chi connectivity index (χ4n) is 3.53. The summed E-state index contributed by atoms with van der Waals surface area (Å²) in [6.45, 7) is 0. The van der Waals surface area contributed by atoms with E-state index in [2.05, 4.69) is 10.6 Å². The third-order valence-corrected chi connectivity index (χ3v) is 4.99. The molecule has 1 aromatic rings. The molecule has 3 nitrogen and oxygen atoms in total. The molecule has 3 atom stereocenters. The molecule has 1 amide bonds. The summed E-state index contributed by atoms with van der Waals surface area (Å²) in [6, 6.07) is 4.58. The number of piperidine rings is 1. The lowest BCUT2D eigenvalue weighted by molar-refractivity contribution is -0.119. The molecule has 1 aromatic carbocycles. The van der Waals surface area contributed by atoms with E-state index in [0.29, 0.717) is 12.0 Å². The highest BCUT2D eigenvalue weighted by molar-refractivity contribution is 6.33. The molecule has 2 N–H and O–H groups in total. The van der Waals surface area contributed by atoms with Gasteiger partial charge in [0.05, 0.1) is 16.8 Å². The maximum Gasteiger partial charge on any atom is 0.241 e. The molecule has 1 heterocycles. The number of rotatable bonds is 2. The van der Waals surface area contributed by atoms with Crippen LogP contribution in [0.1, 0.15) is 38.5 Å². The summed E-state index contributed by atoms with van der Waals surface area (Å²) >= 11 is 5.95. The number of nitrogens with one attached hydrogen (secondary N) is 2. The van der Waals surface area contributed by atoms with Gasteiger partial charge in [0.2, 0.25) is 5.91 Å². The quantitative estimate of drug-likeness (QED) is 0.874. The first-order valence-electron chi connectivity index (χ1n) is 7.66. The molecule has 2 aliphatic rings. The Morgan fingerprint density at radius 2 is 2.05 bits per heavy atom. The Morgan fingerprint density at radius 3 is 2.86 bits per heavy atom. The molecule has 1 aliphatic heterocycles. The molecule has 0 radical (unpaired) electrons. The molecule has 5 heteroatoms. The SMILES string of the molecule is O=C(Nc1c(F)cccc1Cl)C1CCC2CCCCC2N1. The molecular weight excluding hydrogens is 291 g/mol. The second-order valence-electron chi connectivity index (χ2n) is 6.03. The smallest absolute Gasteiger partial charge is 0.241 e. The van der Waals surface area contributed by atoms with Gasteiger partial charge in [-0.1, -0.05) is 30.5 Å². The van der Waals surface area contributed by atoms with E-state index in [-0.39, 0.29) is 22.7 Å². The average molecular weight is 311 g/mol. The van der Waals surface area contributed by atoms with Gasteiger partial charge in [-0.15, -0.1) is 0 Å². The third-order valence-electron chi connectivity index (χ3n) is 4.68. The zero-order chi connectivity index (χ0) is 14.8. The van der Waals surface area contributed by atoms with Crippen LogP contribution in [-0.4, -0.2) is 18.0 Å². The van der Waals surface area contributed by atoms with E-state index in [1.807, 2.05) is 0 Å². The largest absolute Gasteiger partial charge is 0.321 e. The Hall–Kier alpha value is -1.13. The molecule has 0 bridgehead atoms. The number of benzene rings is 1. The lowest BCUT2D eigenvalue weighted by atomic mass is 9.77. The van der Waals surface area contributed by atoms with Gasteiger partial charge < -0.3 is 10.6 Å². The minimum absolute atomic E-state index is 0.0803. The van der Waals surface area contributed by atoms with Gasteiger partial charge >= 0.3 is 0 Å². The van der Waals surface area contributed by atoms with Crippen molar-refractivity contribution >= 4 is 23.2 Å². The van der Waals surface area contributed by atoms with E-state index in [4.69, 9.17) is 11.6 Å². The highest BCUT2D eigenvalue weighted by atomic mass is 35.5. The summed E-state index contributed by atoms with van der Waals surface area (Å²) < 4.78 is 13.7. The number of amides is 1. The molecule has 1 saturated heterocycles. The molecule has 1 aliphatic carbocycles. The first-order valence-corrected chi connectivity index (χ1v) is 8.04. The van der Waals surface area contributed by atoms with E-state index in [1.165, 1.54) is 31.4 Å². The van der Waals surface area contributed by atoms with Crippen LogP contribution >= 0.6 is 11.6 Å². The topological polar surface area (TPSA) is 41.1 Å². The number of hydrogen-bond acceptors (Lipinski definition) is 2. The van der Waals surface area contributed by atoms with Gasteiger partial charge in [-0.05, 0) is 43.7 Å². The first-order chi connectivity index (χ1) is 10.1. The zero-order valence-corrected chi connectivity index (χ0v) is 12.6. The van der Waals surface area contributed by atoms with Crippen molar-refractivity contribution in [2.24, 2.45) is 5.92 Å². The van der Waals surface area contributed by atoms with E-state index >= 15 is 0 Å². The van der Waals surface area contributed by atoms with Crippen molar-refractivity contribution in [3.8, 4) is 0 Å². The number of fused-ring (bicyclic) bond motifs is 1. The molecule has 3 rings (SSSR count). The lowest BCUT2D eigenvalue weighted by Crippen LogP contribution is -2.53. The van der Waals surface area contributed by atoms with E-state index in [0.717, 1.165) is 19.3 Å². The molecule has 0 spiro atoms. The number of hydrogen-bond donors (Lipinski definition) is 2. The molecule has 21 heavy (non-hydrogen) atoms. The van der Waals surface area contributed by atoms with Crippen molar-refractivity contribution in [2.45, 2.75) is 50.6 Å². The van der Waals surface area contributed by atoms with Crippen molar-refractivity contribution in [1.82, 2.24) is 5.32 Å². The number of carbonyl (C=O) groups is 1. The van der Waals surface area contributed by atoms with Gasteiger partial charge in [-0.2, -0.15) is 0 Å². The average Bonchev–Trinajstić information content (AvgIpc) is 2.50. The molecule has 1 saturated carbocycles. The molecule has 0 aromatic heterocycles. The van der Waals surface area contributed by atoms with Crippen molar-refractivity contribution in [3.05, 3.63) is 29.0 Å². The van der Waals surface area contributed by atoms with Crippen LogP contribution in [0.4, 0.5) is 10.1 Å². The summed E-state index contributed by atoms with van der Waals surface area (Å²) in [4.78, 5) is 12.3. The van der Waals surface area contributed by atoms with Crippen LogP contribution in [0, 0.1) is 11.7 Å². The van der Waals surface area contributed by atoms with Crippen LogP contribution < -0.4 is 10.6 Å². The molecule has 114 valence electrons. The minimum atomic E-state index is -0.498. The highest BCUT2D eigenvalue weighted by Gasteiger charge is 2.34. The Kier molecular flexibility index (Phi) is 4.45. The van der Waals surface area contributed by atoms with Gasteiger partial charge in [0.25, 0.3) is 0 Å². The van der Waals surface area contributed by atoms with Gasteiger partial charge in [0, 0.05) is 6.04 Å². The van der Waals surface area contributed by atoms with E-state index in [9.17, 15) is 9.18 Å². The standard InChI is InChI=1S/C16H20ClFN2O/c17-11-5-3-6-12(18)15(11)20-16(21)14-9-8-10-4-1-2-7-13(10)19-14/h3,5-6,10,13-14,19H,1-2,4,7-9H2,(H,20,21). The predicted molar refractivity (Wildman–Crippen MR) is 81.9 cm³/mol. The number of halogens is 2. The fraction of sp³-hybridized carbons (Fsp3) is 0.562. The number of anilines is 1. The summed E-state index contributed by atoms with van der Waals surface area (Å²) in [5.74, 6) is 0.00748. The van der Waals surface area contributed by atoms with Crippen LogP contribution in [0.25, 0.3) is 0 Å². The Labute approximate surface area is 129 Å². The van der Waals surface area contributed by atoms with Gasteiger partial charge in [-0.25, -0.2) is 4.39 Å². The van der Waals surface area contributed by atoms with Crippen LogP contribution in [0.5, 0.6) is 0 Å². The summed E-state index contributed by atoms with van der Waals surface area (Å²) in [5.41, 5.74) is 0.0803. The maximum absolute atomic E-state index is 13.7. The molecule has 3 unspecified atom stereocenters. The molecular formula is C16H20ClFN2O. The summed E-state index contributed by atoms with van der Waals surface area (Å²) in [7, 11) is 0. The highest BCUT2D eigenvalue weighted by Crippen LogP contribution is 2.33. The second kappa shape index (κ2) is 6.32. The van der Waals surface area contributed by atoms with Crippen molar-refractivity contribution in [1.29, 1.82) is 0 Å². The van der Waals surface area contributed by atoms with Gasteiger partial charge in [-0.3, -0.25) is 4.79 Å². The fourth-order valence-corrected chi connectivity index (χ4v) is 3.74.